The second kappa shape index (κ2) is 4.47. The van der Waals surface area contributed by atoms with Crippen molar-refractivity contribution < 1.29 is 15.0 Å². The second-order valence-electron chi connectivity index (χ2n) is 3.54. The van der Waals surface area contributed by atoms with E-state index in [1.54, 1.807) is 30.3 Å². The van der Waals surface area contributed by atoms with Gasteiger partial charge in [0, 0.05) is 5.02 Å². The average molecular weight is 249 g/mol. The van der Waals surface area contributed by atoms with Gasteiger partial charge in [0.2, 0.25) is 0 Å². The fourth-order valence-electron chi connectivity index (χ4n) is 1.53. The van der Waals surface area contributed by atoms with E-state index in [0.29, 0.717) is 5.02 Å². The molecule has 0 radical (unpaired) electrons. The van der Waals surface area contributed by atoms with Crippen LogP contribution in [0.4, 0.5) is 0 Å². The van der Waals surface area contributed by atoms with E-state index in [1.165, 1.54) is 12.1 Å². The number of carboxylic acids is 1. The molecule has 4 heteroatoms. The molecule has 17 heavy (non-hydrogen) atoms. The molecule has 2 rings (SSSR count). The van der Waals surface area contributed by atoms with Gasteiger partial charge in [-0.2, -0.15) is 0 Å². The fourth-order valence-corrected chi connectivity index (χ4v) is 1.66. The smallest absolute Gasteiger partial charge is 0.339 e. The Kier molecular flexibility index (Phi) is 3.02. The van der Waals surface area contributed by atoms with Gasteiger partial charge in [-0.1, -0.05) is 29.8 Å². The lowest BCUT2D eigenvalue weighted by atomic mass is 10.0. The zero-order valence-corrected chi connectivity index (χ0v) is 9.48. The highest BCUT2D eigenvalue weighted by Gasteiger charge is 2.10. The Balaban J connectivity index is 2.44. The highest BCUT2D eigenvalue weighted by molar-refractivity contribution is 6.30. The minimum absolute atomic E-state index is 0.109. The molecule has 0 amide bonds. The molecule has 0 spiro atoms. The molecule has 2 aromatic carbocycles. The number of rotatable bonds is 2. The fraction of sp³-hybridized carbons (Fsp3) is 0. The van der Waals surface area contributed by atoms with Gasteiger partial charge in [0.15, 0.2) is 0 Å². The molecular formula is C13H9ClO3. The molecule has 0 aliphatic rings. The van der Waals surface area contributed by atoms with Gasteiger partial charge in [0.05, 0.1) is 0 Å². The topological polar surface area (TPSA) is 57.5 Å². The molecule has 0 bridgehead atoms. The van der Waals surface area contributed by atoms with Gasteiger partial charge in [0.1, 0.15) is 11.3 Å². The number of phenols is 1. The summed E-state index contributed by atoms with van der Waals surface area (Å²) in [5.41, 5.74) is 1.49. The Bertz CT molecular complexity index is 561. The summed E-state index contributed by atoms with van der Waals surface area (Å²) in [5.74, 6) is -1.39. The van der Waals surface area contributed by atoms with Gasteiger partial charge in [-0.25, -0.2) is 4.79 Å². The van der Waals surface area contributed by atoms with Gasteiger partial charge < -0.3 is 10.2 Å². The standard InChI is InChI=1S/C13H9ClO3/c14-10-4-1-8(2-5-10)9-3-6-11(13(16)17)12(15)7-9/h1-7,15H,(H,16,17). The van der Waals surface area contributed by atoms with E-state index in [2.05, 4.69) is 0 Å². The maximum Gasteiger partial charge on any atom is 0.339 e. The summed E-state index contributed by atoms with van der Waals surface area (Å²) in [6.07, 6.45) is 0. The lowest BCUT2D eigenvalue weighted by Gasteiger charge is -2.04. The van der Waals surface area contributed by atoms with Crippen molar-refractivity contribution in [3.05, 3.63) is 53.1 Å². The van der Waals surface area contributed by atoms with Crippen molar-refractivity contribution >= 4 is 17.6 Å². The Morgan fingerprint density at radius 2 is 1.59 bits per heavy atom. The summed E-state index contributed by atoms with van der Waals surface area (Å²) in [5, 5.41) is 19.0. The zero-order valence-electron chi connectivity index (χ0n) is 8.72. The third-order valence-corrected chi connectivity index (χ3v) is 2.66. The first kappa shape index (κ1) is 11.5. The molecule has 0 aromatic heterocycles. The molecule has 0 fully saturated rings. The molecule has 0 unspecified atom stereocenters. The lowest BCUT2D eigenvalue weighted by Crippen LogP contribution is -1.96. The van der Waals surface area contributed by atoms with Crippen molar-refractivity contribution in [1.29, 1.82) is 0 Å². The molecule has 0 saturated heterocycles. The summed E-state index contributed by atoms with van der Waals surface area (Å²) < 4.78 is 0. The van der Waals surface area contributed by atoms with Crippen LogP contribution in [0.1, 0.15) is 10.4 Å². The van der Waals surface area contributed by atoms with E-state index in [4.69, 9.17) is 16.7 Å². The van der Waals surface area contributed by atoms with Crippen molar-refractivity contribution in [2.45, 2.75) is 0 Å². The lowest BCUT2D eigenvalue weighted by molar-refractivity contribution is 0.0694. The van der Waals surface area contributed by atoms with Crippen LogP contribution in [0.2, 0.25) is 5.02 Å². The highest BCUT2D eigenvalue weighted by Crippen LogP contribution is 2.27. The van der Waals surface area contributed by atoms with Gasteiger partial charge >= 0.3 is 5.97 Å². The SMILES string of the molecule is O=C(O)c1ccc(-c2ccc(Cl)cc2)cc1O. The second-order valence-corrected chi connectivity index (χ2v) is 3.98. The quantitative estimate of drug-likeness (QED) is 0.856. The number of carbonyl (C=O) groups is 1. The van der Waals surface area contributed by atoms with Crippen LogP contribution >= 0.6 is 11.6 Å². The number of carboxylic acid groups (broad SMARTS) is 1. The molecule has 2 N–H and O–H groups in total. The van der Waals surface area contributed by atoms with E-state index in [9.17, 15) is 9.90 Å². The van der Waals surface area contributed by atoms with E-state index in [0.717, 1.165) is 11.1 Å². The number of hydrogen-bond acceptors (Lipinski definition) is 2. The van der Waals surface area contributed by atoms with Gasteiger partial charge in [-0.15, -0.1) is 0 Å². The molecule has 0 atom stereocenters. The van der Waals surface area contributed by atoms with Crippen molar-refractivity contribution in [3.63, 3.8) is 0 Å². The maximum atomic E-state index is 10.7. The van der Waals surface area contributed by atoms with Crippen LogP contribution in [0.3, 0.4) is 0 Å². The summed E-state index contributed by atoms with van der Waals surface area (Å²) >= 11 is 5.77. The van der Waals surface area contributed by atoms with E-state index in [1.807, 2.05) is 0 Å². The number of aromatic hydroxyl groups is 1. The monoisotopic (exact) mass is 248 g/mol. The van der Waals surface area contributed by atoms with Crippen LogP contribution in [0.15, 0.2) is 42.5 Å². The first-order chi connectivity index (χ1) is 8.08. The Hall–Kier alpha value is -2.00. The van der Waals surface area contributed by atoms with Gasteiger partial charge in [0.25, 0.3) is 0 Å². The van der Waals surface area contributed by atoms with E-state index in [-0.39, 0.29) is 11.3 Å². The van der Waals surface area contributed by atoms with Crippen molar-refractivity contribution in [2.24, 2.45) is 0 Å². The third-order valence-electron chi connectivity index (χ3n) is 2.41. The van der Waals surface area contributed by atoms with Crippen molar-refractivity contribution in [1.82, 2.24) is 0 Å². The largest absolute Gasteiger partial charge is 0.507 e. The first-order valence-corrected chi connectivity index (χ1v) is 5.28. The normalized spacial score (nSPS) is 10.2. The van der Waals surface area contributed by atoms with Crippen molar-refractivity contribution in [3.8, 4) is 16.9 Å². The molecule has 2 aromatic rings. The highest BCUT2D eigenvalue weighted by atomic mass is 35.5. The van der Waals surface area contributed by atoms with Gasteiger partial charge in [-0.3, -0.25) is 0 Å². The Labute approximate surface area is 103 Å². The Morgan fingerprint density at radius 1 is 1.00 bits per heavy atom. The molecule has 0 saturated carbocycles. The maximum absolute atomic E-state index is 10.7. The zero-order chi connectivity index (χ0) is 12.4. The van der Waals surface area contributed by atoms with Crippen LogP contribution in [0.5, 0.6) is 5.75 Å². The molecule has 0 heterocycles. The summed E-state index contributed by atoms with van der Waals surface area (Å²) in [6.45, 7) is 0. The predicted octanol–water partition coefficient (Wildman–Crippen LogP) is 3.41. The van der Waals surface area contributed by atoms with Crippen LogP contribution in [0.25, 0.3) is 11.1 Å². The number of halogens is 1. The molecule has 0 aliphatic carbocycles. The Morgan fingerprint density at radius 3 is 2.12 bits per heavy atom. The number of benzene rings is 2. The van der Waals surface area contributed by atoms with Crippen LogP contribution in [-0.4, -0.2) is 16.2 Å². The van der Waals surface area contributed by atoms with E-state index >= 15 is 0 Å². The van der Waals surface area contributed by atoms with Crippen molar-refractivity contribution in [2.75, 3.05) is 0 Å². The van der Waals surface area contributed by atoms with Crippen LogP contribution in [0, 0.1) is 0 Å². The summed E-state index contributed by atoms with van der Waals surface area (Å²) in [6, 6.07) is 11.5. The summed E-state index contributed by atoms with van der Waals surface area (Å²) in [7, 11) is 0. The predicted molar refractivity (Wildman–Crippen MR) is 65.5 cm³/mol. The number of aromatic carboxylic acids is 1. The first-order valence-electron chi connectivity index (χ1n) is 4.90. The molecule has 86 valence electrons. The molecule has 3 nitrogen and oxygen atoms in total. The number of hydrogen-bond donors (Lipinski definition) is 2. The average Bonchev–Trinajstić information content (AvgIpc) is 2.29. The third kappa shape index (κ3) is 2.40. The minimum atomic E-state index is -1.15. The minimum Gasteiger partial charge on any atom is -0.507 e. The summed E-state index contributed by atoms with van der Waals surface area (Å²) in [4.78, 5) is 10.7. The van der Waals surface area contributed by atoms with Crippen LogP contribution < -0.4 is 0 Å². The van der Waals surface area contributed by atoms with Crippen LogP contribution in [-0.2, 0) is 0 Å². The molecular weight excluding hydrogens is 240 g/mol. The van der Waals surface area contributed by atoms with E-state index < -0.39 is 5.97 Å². The van der Waals surface area contributed by atoms with Gasteiger partial charge in [-0.05, 0) is 35.4 Å². The molecule has 0 aliphatic heterocycles.